The fraction of sp³-hybridized carbons (Fsp3) is 0.455. The molecule has 15 heavy (non-hydrogen) atoms. The summed E-state index contributed by atoms with van der Waals surface area (Å²) in [5.74, 6) is 1.33. The van der Waals surface area contributed by atoms with Crippen LogP contribution in [0.2, 0.25) is 5.54 Å². The molecule has 0 N–H and O–H groups in total. The highest BCUT2D eigenvalue weighted by Crippen LogP contribution is 2.32. The quantitative estimate of drug-likeness (QED) is 0.435. The summed E-state index contributed by atoms with van der Waals surface area (Å²) in [5, 5.41) is 0. The highest BCUT2D eigenvalue weighted by molar-refractivity contribution is 6.11. The van der Waals surface area contributed by atoms with E-state index in [1.165, 1.54) is 7.11 Å². The van der Waals surface area contributed by atoms with Crippen molar-refractivity contribution in [2.75, 3.05) is 14.2 Å². The Balaban J connectivity index is 3.01. The first-order valence-electron chi connectivity index (χ1n) is 4.76. The van der Waals surface area contributed by atoms with E-state index in [4.69, 9.17) is 14.5 Å². The second-order valence-electron chi connectivity index (χ2n) is 3.30. The van der Waals surface area contributed by atoms with Crippen LogP contribution in [0.4, 0.5) is 0 Å². The Bertz CT molecular complexity index is 313. The number of ether oxygens (including phenoxy) is 1. The summed E-state index contributed by atoms with van der Waals surface area (Å²) in [7, 11) is 6.64. The van der Waals surface area contributed by atoms with E-state index in [-0.39, 0.29) is 0 Å². The van der Waals surface area contributed by atoms with Crippen molar-refractivity contribution in [3.8, 4) is 11.5 Å². The SMILES string of the molecule is COOc1c(CC(C)[Si])cccc1OC. The average Bonchev–Trinajstić information content (AvgIpc) is 2.20. The van der Waals surface area contributed by atoms with E-state index in [1.54, 1.807) is 7.11 Å². The zero-order chi connectivity index (χ0) is 11.3. The largest absolute Gasteiger partial charge is 0.493 e. The van der Waals surface area contributed by atoms with Gasteiger partial charge in [-0.25, -0.2) is 0 Å². The Hall–Kier alpha value is -1.00. The van der Waals surface area contributed by atoms with Crippen molar-refractivity contribution in [1.82, 2.24) is 0 Å². The van der Waals surface area contributed by atoms with E-state index >= 15 is 0 Å². The van der Waals surface area contributed by atoms with Crippen LogP contribution in [0.15, 0.2) is 18.2 Å². The van der Waals surface area contributed by atoms with Crippen molar-refractivity contribution in [3.63, 3.8) is 0 Å². The number of methoxy groups -OCH3 is 1. The number of hydrogen-bond donors (Lipinski definition) is 0. The molecule has 0 bridgehead atoms. The second kappa shape index (κ2) is 5.78. The van der Waals surface area contributed by atoms with Gasteiger partial charge < -0.3 is 9.62 Å². The molecule has 1 rings (SSSR count). The van der Waals surface area contributed by atoms with Crippen LogP contribution >= 0.6 is 0 Å². The summed E-state index contributed by atoms with van der Waals surface area (Å²) in [4.78, 5) is 9.81. The van der Waals surface area contributed by atoms with Gasteiger partial charge in [0.05, 0.1) is 14.2 Å². The van der Waals surface area contributed by atoms with Gasteiger partial charge in [0.25, 0.3) is 0 Å². The van der Waals surface area contributed by atoms with E-state index in [2.05, 4.69) is 17.2 Å². The van der Waals surface area contributed by atoms with Crippen LogP contribution in [0.3, 0.4) is 0 Å². The first kappa shape index (κ1) is 12.1. The Morgan fingerprint density at radius 2 is 2.07 bits per heavy atom. The van der Waals surface area contributed by atoms with E-state index in [0.29, 0.717) is 17.0 Å². The summed E-state index contributed by atoms with van der Waals surface area (Å²) < 4.78 is 5.20. The minimum Gasteiger partial charge on any atom is -0.493 e. The molecule has 1 aromatic carbocycles. The first-order valence-corrected chi connectivity index (χ1v) is 5.34. The molecular formula is C11H15O3Si. The van der Waals surface area contributed by atoms with E-state index in [9.17, 15) is 0 Å². The smallest absolute Gasteiger partial charge is 0.210 e. The fourth-order valence-electron chi connectivity index (χ4n) is 1.39. The molecule has 4 heteroatoms. The molecule has 0 aromatic heterocycles. The van der Waals surface area contributed by atoms with Crippen LogP contribution in [0.5, 0.6) is 11.5 Å². The number of rotatable bonds is 5. The van der Waals surface area contributed by atoms with Gasteiger partial charge in [0.2, 0.25) is 5.75 Å². The molecule has 0 spiro atoms. The summed E-state index contributed by atoms with van der Waals surface area (Å²) >= 11 is 0. The van der Waals surface area contributed by atoms with Gasteiger partial charge in [0, 0.05) is 15.8 Å². The lowest BCUT2D eigenvalue weighted by molar-refractivity contribution is -0.179. The van der Waals surface area contributed by atoms with Crippen LogP contribution in [-0.4, -0.2) is 24.5 Å². The molecule has 1 unspecified atom stereocenters. The van der Waals surface area contributed by atoms with Gasteiger partial charge in [0.15, 0.2) is 5.75 Å². The number of benzene rings is 1. The van der Waals surface area contributed by atoms with Crippen molar-refractivity contribution >= 4 is 10.2 Å². The van der Waals surface area contributed by atoms with Gasteiger partial charge in [0.1, 0.15) is 0 Å². The monoisotopic (exact) mass is 223 g/mol. The third-order valence-electron chi connectivity index (χ3n) is 1.97. The third kappa shape index (κ3) is 3.25. The predicted molar refractivity (Wildman–Crippen MR) is 59.5 cm³/mol. The maximum atomic E-state index is 5.20. The fourth-order valence-corrected chi connectivity index (χ4v) is 1.61. The summed E-state index contributed by atoms with van der Waals surface area (Å²) in [6.07, 6.45) is 0.854. The highest BCUT2D eigenvalue weighted by Gasteiger charge is 2.12. The summed E-state index contributed by atoms with van der Waals surface area (Å²) in [6.45, 7) is 2.08. The van der Waals surface area contributed by atoms with Gasteiger partial charge in [-0.3, -0.25) is 0 Å². The maximum absolute atomic E-state index is 5.20. The van der Waals surface area contributed by atoms with E-state index in [1.807, 2.05) is 18.2 Å². The van der Waals surface area contributed by atoms with Crippen molar-refractivity contribution in [3.05, 3.63) is 23.8 Å². The Morgan fingerprint density at radius 1 is 1.33 bits per heavy atom. The molecule has 1 atom stereocenters. The molecule has 3 radical (unpaired) electrons. The van der Waals surface area contributed by atoms with Crippen LogP contribution in [0.25, 0.3) is 0 Å². The van der Waals surface area contributed by atoms with Crippen LogP contribution in [0, 0.1) is 0 Å². The van der Waals surface area contributed by atoms with Gasteiger partial charge in [-0.15, -0.1) is 0 Å². The molecule has 0 saturated carbocycles. The average molecular weight is 223 g/mol. The minimum absolute atomic E-state index is 0.372. The molecule has 0 fully saturated rings. The molecule has 0 saturated heterocycles. The molecule has 0 amide bonds. The topological polar surface area (TPSA) is 27.7 Å². The molecule has 3 nitrogen and oxygen atoms in total. The van der Waals surface area contributed by atoms with E-state index in [0.717, 1.165) is 12.0 Å². The Kier molecular flexibility index (Phi) is 4.65. The van der Waals surface area contributed by atoms with Gasteiger partial charge >= 0.3 is 0 Å². The highest BCUT2D eigenvalue weighted by atomic mass is 28.1. The molecular weight excluding hydrogens is 208 g/mol. The van der Waals surface area contributed by atoms with Crippen LogP contribution < -0.4 is 9.62 Å². The Morgan fingerprint density at radius 3 is 2.60 bits per heavy atom. The van der Waals surface area contributed by atoms with Crippen molar-refractivity contribution < 1.29 is 14.5 Å². The van der Waals surface area contributed by atoms with Crippen LogP contribution in [0.1, 0.15) is 12.5 Å². The van der Waals surface area contributed by atoms with Crippen molar-refractivity contribution in [1.29, 1.82) is 0 Å². The van der Waals surface area contributed by atoms with Gasteiger partial charge in [-0.2, -0.15) is 4.89 Å². The zero-order valence-corrected chi connectivity index (χ0v) is 10.2. The molecule has 0 aliphatic rings. The maximum Gasteiger partial charge on any atom is 0.210 e. The third-order valence-corrected chi connectivity index (χ3v) is 2.18. The first-order chi connectivity index (χ1) is 7.19. The minimum atomic E-state index is 0.372. The number of para-hydroxylation sites is 1. The normalized spacial score (nSPS) is 12.3. The Labute approximate surface area is 93.7 Å². The molecule has 0 aliphatic heterocycles. The standard InChI is InChI=1S/C11H15O3Si/c1-8(15)7-9-5-4-6-10(12-2)11(9)14-13-3/h4-6,8H,7H2,1-3H3. The molecule has 81 valence electrons. The molecule has 0 aliphatic carbocycles. The lowest BCUT2D eigenvalue weighted by atomic mass is 10.1. The molecule has 1 aromatic rings. The summed E-state index contributed by atoms with van der Waals surface area (Å²) in [5.41, 5.74) is 1.43. The second-order valence-corrected chi connectivity index (χ2v) is 4.29. The zero-order valence-electron chi connectivity index (χ0n) is 9.24. The van der Waals surface area contributed by atoms with E-state index < -0.39 is 0 Å². The summed E-state index contributed by atoms with van der Waals surface area (Å²) in [6, 6.07) is 5.77. The molecule has 0 heterocycles. The lowest BCUT2D eigenvalue weighted by Crippen LogP contribution is -2.01. The van der Waals surface area contributed by atoms with Gasteiger partial charge in [-0.1, -0.05) is 24.6 Å². The lowest BCUT2D eigenvalue weighted by Gasteiger charge is -2.13. The predicted octanol–water partition coefficient (Wildman–Crippen LogP) is 2.15. The van der Waals surface area contributed by atoms with Crippen molar-refractivity contribution in [2.45, 2.75) is 18.9 Å². The number of hydrogen-bond acceptors (Lipinski definition) is 3. The van der Waals surface area contributed by atoms with Gasteiger partial charge in [-0.05, 0) is 12.5 Å². The van der Waals surface area contributed by atoms with Crippen molar-refractivity contribution in [2.24, 2.45) is 0 Å². The van der Waals surface area contributed by atoms with Crippen LogP contribution in [-0.2, 0) is 11.3 Å².